The van der Waals surface area contributed by atoms with Gasteiger partial charge in [-0.25, -0.2) is 0 Å². The Balaban J connectivity index is 1.81. The van der Waals surface area contributed by atoms with E-state index in [1.807, 2.05) is 74.5 Å². The van der Waals surface area contributed by atoms with Gasteiger partial charge in [-0.05, 0) is 61.4 Å². The number of likely N-dealkylation sites (tertiary alicyclic amines) is 1. The maximum Gasteiger partial charge on any atom is 0.196 e. The van der Waals surface area contributed by atoms with E-state index < -0.39 is 0 Å². The van der Waals surface area contributed by atoms with E-state index in [0.717, 1.165) is 46.9 Å². The van der Waals surface area contributed by atoms with Gasteiger partial charge in [0.05, 0.1) is 31.4 Å². The number of ether oxygens (including phenoxy) is 2. The first kappa shape index (κ1) is 19.9. The number of ketones is 1. The summed E-state index contributed by atoms with van der Waals surface area (Å²) in [7, 11) is 2.12. The van der Waals surface area contributed by atoms with Crippen LogP contribution in [0, 0.1) is 0 Å². The van der Waals surface area contributed by atoms with Gasteiger partial charge in [0.1, 0.15) is 24.6 Å². The monoisotopic (exact) mass is 378 g/mol. The predicted molar refractivity (Wildman–Crippen MR) is 113 cm³/mol. The normalized spacial score (nSPS) is 19.8. The van der Waals surface area contributed by atoms with E-state index in [2.05, 4.69) is 7.05 Å². The summed E-state index contributed by atoms with van der Waals surface area (Å²) in [6.45, 7) is 6.68. The first-order valence-electron chi connectivity index (χ1n) is 9.82. The summed E-state index contributed by atoms with van der Waals surface area (Å²) in [5, 5.41) is 0. The minimum Gasteiger partial charge on any atom is -0.494 e. The molecule has 0 unspecified atom stereocenters. The Hall–Kier alpha value is -2.85. The van der Waals surface area contributed by atoms with Gasteiger partial charge >= 0.3 is 0 Å². The van der Waals surface area contributed by atoms with E-state index in [1.54, 1.807) is 0 Å². The lowest BCUT2D eigenvalue weighted by molar-refractivity contribution is -0.870. The third-order valence-corrected chi connectivity index (χ3v) is 4.63. The van der Waals surface area contributed by atoms with Gasteiger partial charge in [0.15, 0.2) is 5.78 Å². The minimum absolute atomic E-state index is 0.133. The lowest BCUT2D eigenvalue weighted by Gasteiger charge is -2.23. The lowest BCUT2D eigenvalue weighted by Crippen LogP contribution is -3.10. The highest BCUT2D eigenvalue weighted by molar-refractivity contribution is 6.14. The molecule has 4 heteroatoms. The van der Waals surface area contributed by atoms with Crippen molar-refractivity contribution in [3.05, 3.63) is 70.8 Å². The molecule has 1 saturated heterocycles. The summed E-state index contributed by atoms with van der Waals surface area (Å²) in [6, 6.07) is 15.7. The molecule has 0 radical (unpaired) electrons. The van der Waals surface area contributed by atoms with Crippen molar-refractivity contribution in [3.63, 3.8) is 0 Å². The van der Waals surface area contributed by atoms with Gasteiger partial charge in [0.25, 0.3) is 0 Å². The van der Waals surface area contributed by atoms with Crippen molar-refractivity contribution < 1.29 is 19.2 Å². The largest absolute Gasteiger partial charge is 0.494 e. The highest BCUT2D eigenvalue weighted by Gasteiger charge is 2.27. The number of benzene rings is 2. The highest BCUT2D eigenvalue weighted by Crippen LogP contribution is 2.19. The van der Waals surface area contributed by atoms with E-state index in [1.165, 1.54) is 4.90 Å². The average molecular weight is 378 g/mol. The number of hydrogen-bond donors (Lipinski definition) is 1. The molecule has 2 aromatic carbocycles. The van der Waals surface area contributed by atoms with Gasteiger partial charge in [0.2, 0.25) is 0 Å². The van der Waals surface area contributed by atoms with Crippen LogP contribution in [0.4, 0.5) is 0 Å². The Bertz CT molecular complexity index is 792. The van der Waals surface area contributed by atoms with Crippen LogP contribution < -0.4 is 14.4 Å². The smallest absolute Gasteiger partial charge is 0.196 e. The number of nitrogens with one attached hydrogen (secondary N) is 1. The maximum absolute atomic E-state index is 13.0. The first-order chi connectivity index (χ1) is 13.6. The number of hydrogen-bond acceptors (Lipinski definition) is 3. The van der Waals surface area contributed by atoms with Crippen LogP contribution in [0.2, 0.25) is 0 Å². The molecule has 3 rings (SSSR count). The van der Waals surface area contributed by atoms with Gasteiger partial charge in [-0.15, -0.1) is 0 Å². The number of Topliss-reactive ketones (excluding diaryl/α,β-unsaturated/α-hetero) is 1. The number of likely N-dealkylation sites (N-methyl/N-ethyl adjacent to an activating group) is 1. The lowest BCUT2D eigenvalue weighted by atomic mass is 9.94. The average Bonchev–Trinajstić information content (AvgIpc) is 2.69. The molecule has 0 bridgehead atoms. The summed E-state index contributed by atoms with van der Waals surface area (Å²) in [6.07, 6.45) is 3.99. The van der Waals surface area contributed by atoms with E-state index in [9.17, 15) is 4.79 Å². The second-order valence-electron chi connectivity index (χ2n) is 6.98. The molecule has 28 heavy (non-hydrogen) atoms. The molecule has 0 amide bonds. The SMILES string of the molecule is CCOc1ccc(/C=C2\C[NH+](C)C/C(=C\c3ccc(OCC)cc3)C2=O)cc1. The summed E-state index contributed by atoms with van der Waals surface area (Å²) in [5.74, 6) is 1.82. The summed E-state index contributed by atoms with van der Waals surface area (Å²) in [4.78, 5) is 14.3. The van der Waals surface area contributed by atoms with Crippen molar-refractivity contribution in [2.75, 3.05) is 33.4 Å². The van der Waals surface area contributed by atoms with Crippen molar-refractivity contribution in [1.82, 2.24) is 0 Å². The zero-order valence-electron chi connectivity index (χ0n) is 16.8. The number of quaternary nitrogens is 1. The topological polar surface area (TPSA) is 40.0 Å². The zero-order chi connectivity index (χ0) is 19.9. The van der Waals surface area contributed by atoms with E-state index in [-0.39, 0.29) is 5.78 Å². The molecule has 0 atom stereocenters. The van der Waals surface area contributed by atoms with E-state index in [4.69, 9.17) is 9.47 Å². The quantitative estimate of drug-likeness (QED) is 0.786. The van der Waals surface area contributed by atoms with Gasteiger partial charge in [-0.1, -0.05) is 24.3 Å². The van der Waals surface area contributed by atoms with Crippen LogP contribution in [0.15, 0.2) is 59.7 Å². The Labute approximate surface area is 167 Å². The molecular weight excluding hydrogens is 350 g/mol. The minimum atomic E-state index is 0.133. The summed E-state index contributed by atoms with van der Waals surface area (Å²) in [5.41, 5.74) is 3.71. The molecule has 1 N–H and O–H groups in total. The molecule has 0 aliphatic carbocycles. The van der Waals surface area contributed by atoms with Crippen molar-refractivity contribution >= 4 is 17.9 Å². The van der Waals surface area contributed by atoms with Crippen molar-refractivity contribution in [2.45, 2.75) is 13.8 Å². The van der Waals surface area contributed by atoms with Gasteiger partial charge in [0, 0.05) is 0 Å². The van der Waals surface area contributed by atoms with Crippen molar-refractivity contribution in [3.8, 4) is 11.5 Å². The fourth-order valence-corrected chi connectivity index (χ4v) is 3.37. The van der Waals surface area contributed by atoms with Gasteiger partial charge in [-0.2, -0.15) is 0 Å². The molecule has 0 saturated carbocycles. The second kappa shape index (κ2) is 9.38. The molecule has 1 aliphatic rings. The number of piperidine rings is 1. The number of carbonyl (C=O) groups excluding carboxylic acids is 1. The van der Waals surface area contributed by atoms with E-state index in [0.29, 0.717) is 13.2 Å². The molecule has 0 spiro atoms. The molecule has 1 fully saturated rings. The fraction of sp³-hybridized carbons (Fsp3) is 0.292. The summed E-state index contributed by atoms with van der Waals surface area (Å²) >= 11 is 0. The predicted octanol–water partition coefficient (Wildman–Crippen LogP) is 3.05. The van der Waals surface area contributed by atoms with Crippen LogP contribution in [0.1, 0.15) is 25.0 Å². The standard InChI is InChI=1S/C24H27NO3/c1-4-27-22-10-6-18(7-11-22)14-20-16-25(3)17-21(24(20)26)15-19-8-12-23(13-9-19)28-5-2/h6-15H,4-5,16-17H2,1-3H3/p+1/b20-14+,21-15+. The van der Waals surface area contributed by atoms with E-state index >= 15 is 0 Å². The molecular formula is C24H28NO3+. The Morgan fingerprint density at radius 3 is 1.54 bits per heavy atom. The molecule has 1 heterocycles. The maximum atomic E-state index is 13.0. The van der Waals surface area contributed by atoms with Gasteiger partial charge in [-0.3, -0.25) is 4.79 Å². The van der Waals surface area contributed by atoms with Crippen LogP contribution in [-0.2, 0) is 4.79 Å². The summed E-state index contributed by atoms with van der Waals surface area (Å²) < 4.78 is 11.0. The van der Waals surface area contributed by atoms with Crippen molar-refractivity contribution in [2.24, 2.45) is 0 Å². The highest BCUT2D eigenvalue weighted by atomic mass is 16.5. The zero-order valence-corrected chi connectivity index (χ0v) is 16.8. The molecule has 1 aliphatic heterocycles. The van der Waals surface area contributed by atoms with Crippen LogP contribution in [-0.4, -0.2) is 39.1 Å². The number of carbonyl (C=O) groups is 1. The Morgan fingerprint density at radius 2 is 1.18 bits per heavy atom. The van der Waals surface area contributed by atoms with Crippen molar-refractivity contribution in [1.29, 1.82) is 0 Å². The molecule has 4 nitrogen and oxygen atoms in total. The second-order valence-corrected chi connectivity index (χ2v) is 6.98. The Morgan fingerprint density at radius 1 is 0.786 bits per heavy atom. The van der Waals surface area contributed by atoms with Crippen LogP contribution >= 0.6 is 0 Å². The first-order valence-corrected chi connectivity index (χ1v) is 9.82. The van der Waals surface area contributed by atoms with Crippen LogP contribution in [0.3, 0.4) is 0 Å². The van der Waals surface area contributed by atoms with Gasteiger partial charge < -0.3 is 14.4 Å². The molecule has 2 aromatic rings. The van der Waals surface area contributed by atoms with Crippen LogP contribution in [0.5, 0.6) is 11.5 Å². The third kappa shape index (κ3) is 5.11. The molecule has 0 aromatic heterocycles. The third-order valence-electron chi connectivity index (χ3n) is 4.63. The van der Waals surface area contributed by atoms with Crippen LogP contribution in [0.25, 0.3) is 12.2 Å². The molecule has 146 valence electrons. The Kier molecular flexibility index (Phi) is 6.66. The fourth-order valence-electron chi connectivity index (χ4n) is 3.37. The number of rotatable bonds is 6.